The van der Waals surface area contributed by atoms with Gasteiger partial charge in [0.1, 0.15) is 17.7 Å². The Labute approximate surface area is 89.8 Å². The second-order valence-electron chi connectivity index (χ2n) is 2.77. The predicted molar refractivity (Wildman–Crippen MR) is 55.3 cm³/mol. The van der Waals surface area contributed by atoms with Crippen LogP contribution < -0.4 is 5.43 Å². The third-order valence-corrected chi connectivity index (χ3v) is 1.61. The fourth-order valence-corrected chi connectivity index (χ4v) is 0.749. The molecule has 0 aliphatic rings. The van der Waals surface area contributed by atoms with Gasteiger partial charge in [-0.3, -0.25) is 15.5 Å². The molecule has 1 rings (SSSR count). The molecule has 84 valence electrons. The lowest BCUT2D eigenvalue weighted by atomic mass is 10.4. The lowest BCUT2D eigenvalue weighted by Gasteiger charge is -1.98. The zero-order chi connectivity index (χ0) is 12.1. The summed E-state index contributed by atoms with van der Waals surface area (Å²) in [6.07, 6.45) is 1.05. The number of aromatic nitrogens is 1. The summed E-state index contributed by atoms with van der Waals surface area (Å²) in [5, 5.41) is 22.3. The van der Waals surface area contributed by atoms with E-state index in [-0.39, 0.29) is 17.2 Å². The van der Waals surface area contributed by atoms with Crippen LogP contribution in [-0.2, 0) is 4.79 Å². The molecule has 1 aromatic rings. The van der Waals surface area contributed by atoms with Crippen molar-refractivity contribution >= 4 is 23.2 Å². The van der Waals surface area contributed by atoms with Gasteiger partial charge in [-0.25, -0.2) is 9.78 Å². The summed E-state index contributed by atoms with van der Waals surface area (Å²) in [7, 11) is 0. The summed E-state index contributed by atoms with van der Waals surface area (Å²) in [5.74, 6) is -0.930. The van der Waals surface area contributed by atoms with Gasteiger partial charge in [0.25, 0.3) is 5.69 Å². The van der Waals surface area contributed by atoms with Gasteiger partial charge in [0.05, 0.1) is 4.92 Å². The largest absolute Gasteiger partial charge is 0.477 e. The number of anilines is 1. The van der Waals surface area contributed by atoms with Crippen LogP contribution >= 0.6 is 0 Å². The van der Waals surface area contributed by atoms with E-state index in [1.54, 1.807) is 0 Å². The molecule has 0 aromatic carbocycles. The lowest BCUT2D eigenvalue weighted by Crippen LogP contribution is -2.10. The molecule has 8 nitrogen and oxygen atoms in total. The number of nitrogens with zero attached hydrogens (tertiary/aromatic N) is 3. The van der Waals surface area contributed by atoms with Crippen LogP contribution in [-0.4, -0.2) is 26.7 Å². The van der Waals surface area contributed by atoms with Crippen molar-refractivity contribution in [3.8, 4) is 0 Å². The van der Waals surface area contributed by atoms with Crippen LogP contribution in [0.1, 0.15) is 6.92 Å². The predicted octanol–water partition coefficient (Wildman–Crippen LogP) is 0.862. The standard InChI is InChI=1S/C8H8N4O4/c1-5(8(13)14)10-11-7-3-2-6(4-9-7)12(15)16/h2-4H,1H3,(H,9,11)(H,13,14)/b10-5+. The molecule has 16 heavy (non-hydrogen) atoms. The second-order valence-corrected chi connectivity index (χ2v) is 2.77. The smallest absolute Gasteiger partial charge is 0.351 e. The van der Waals surface area contributed by atoms with E-state index >= 15 is 0 Å². The SMILES string of the molecule is C/C(=N\Nc1ccc([N+](=O)[O-])cn1)C(=O)O. The van der Waals surface area contributed by atoms with E-state index < -0.39 is 10.9 Å². The topological polar surface area (TPSA) is 118 Å². The van der Waals surface area contributed by atoms with Crippen molar-refractivity contribution in [2.24, 2.45) is 5.10 Å². The van der Waals surface area contributed by atoms with Crippen LogP contribution in [0.15, 0.2) is 23.4 Å². The van der Waals surface area contributed by atoms with Gasteiger partial charge in [-0.1, -0.05) is 0 Å². The Hall–Kier alpha value is -2.51. The van der Waals surface area contributed by atoms with Gasteiger partial charge >= 0.3 is 5.97 Å². The minimum atomic E-state index is -1.16. The van der Waals surface area contributed by atoms with Gasteiger partial charge in [0.2, 0.25) is 0 Å². The van der Waals surface area contributed by atoms with Crippen LogP contribution in [0, 0.1) is 10.1 Å². The van der Waals surface area contributed by atoms with Gasteiger partial charge < -0.3 is 5.11 Å². The highest BCUT2D eigenvalue weighted by molar-refractivity contribution is 6.34. The van der Waals surface area contributed by atoms with Crippen molar-refractivity contribution in [3.05, 3.63) is 28.4 Å². The maximum atomic E-state index is 10.4. The molecule has 0 atom stereocenters. The van der Waals surface area contributed by atoms with Crippen molar-refractivity contribution in [3.63, 3.8) is 0 Å². The Morgan fingerprint density at radius 1 is 1.62 bits per heavy atom. The van der Waals surface area contributed by atoms with Crippen molar-refractivity contribution in [2.75, 3.05) is 5.43 Å². The van der Waals surface area contributed by atoms with Crippen molar-refractivity contribution < 1.29 is 14.8 Å². The molecular formula is C8H8N4O4. The number of hydrogen-bond acceptors (Lipinski definition) is 6. The quantitative estimate of drug-likeness (QED) is 0.445. The number of carbonyl (C=O) groups is 1. The molecule has 0 aliphatic carbocycles. The first kappa shape index (κ1) is 11.6. The minimum absolute atomic E-state index is 0.139. The minimum Gasteiger partial charge on any atom is -0.477 e. The van der Waals surface area contributed by atoms with Gasteiger partial charge in [0, 0.05) is 6.07 Å². The Morgan fingerprint density at radius 2 is 2.31 bits per heavy atom. The van der Waals surface area contributed by atoms with Gasteiger partial charge in [-0.15, -0.1) is 0 Å². The lowest BCUT2D eigenvalue weighted by molar-refractivity contribution is -0.385. The van der Waals surface area contributed by atoms with Crippen molar-refractivity contribution in [1.82, 2.24) is 4.98 Å². The van der Waals surface area contributed by atoms with Crippen molar-refractivity contribution in [2.45, 2.75) is 6.92 Å². The van der Waals surface area contributed by atoms with E-state index in [4.69, 9.17) is 5.11 Å². The van der Waals surface area contributed by atoms with E-state index in [0.29, 0.717) is 0 Å². The van der Waals surface area contributed by atoms with Crippen LogP contribution in [0.4, 0.5) is 11.5 Å². The Morgan fingerprint density at radius 3 is 2.75 bits per heavy atom. The maximum absolute atomic E-state index is 10.4. The Bertz CT molecular complexity index is 440. The number of aliphatic carboxylic acids is 1. The molecule has 0 aliphatic heterocycles. The van der Waals surface area contributed by atoms with Crippen LogP contribution in [0.3, 0.4) is 0 Å². The Kier molecular flexibility index (Phi) is 3.49. The molecule has 0 saturated heterocycles. The maximum Gasteiger partial charge on any atom is 0.351 e. The second kappa shape index (κ2) is 4.82. The first-order valence-corrected chi connectivity index (χ1v) is 4.14. The molecule has 2 N–H and O–H groups in total. The summed E-state index contributed by atoms with van der Waals surface area (Å²) in [6.45, 7) is 1.31. The average molecular weight is 224 g/mol. The molecular weight excluding hydrogens is 216 g/mol. The number of nitro groups is 1. The molecule has 0 spiro atoms. The number of carboxylic acids is 1. The average Bonchev–Trinajstić information content (AvgIpc) is 2.26. The fraction of sp³-hybridized carbons (Fsp3) is 0.125. The summed E-state index contributed by atoms with van der Waals surface area (Å²) in [4.78, 5) is 23.8. The highest BCUT2D eigenvalue weighted by Gasteiger charge is 2.05. The molecule has 1 heterocycles. The van der Waals surface area contributed by atoms with Crippen LogP contribution in [0.25, 0.3) is 0 Å². The van der Waals surface area contributed by atoms with E-state index in [2.05, 4.69) is 15.5 Å². The molecule has 0 unspecified atom stereocenters. The van der Waals surface area contributed by atoms with Gasteiger partial charge in [0.15, 0.2) is 0 Å². The summed E-state index contributed by atoms with van der Waals surface area (Å²) >= 11 is 0. The number of hydrogen-bond donors (Lipinski definition) is 2. The zero-order valence-corrected chi connectivity index (χ0v) is 8.25. The van der Waals surface area contributed by atoms with E-state index in [1.807, 2.05) is 0 Å². The monoisotopic (exact) mass is 224 g/mol. The number of rotatable bonds is 4. The first-order chi connectivity index (χ1) is 7.50. The van der Waals surface area contributed by atoms with E-state index in [9.17, 15) is 14.9 Å². The molecule has 8 heteroatoms. The number of carboxylic acid groups (broad SMARTS) is 1. The molecule has 0 radical (unpaired) electrons. The molecule has 0 fully saturated rings. The highest BCUT2D eigenvalue weighted by atomic mass is 16.6. The summed E-state index contributed by atoms with van der Waals surface area (Å²) in [5.41, 5.74) is 2.08. The third-order valence-electron chi connectivity index (χ3n) is 1.61. The summed E-state index contributed by atoms with van der Waals surface area (Å²) < 4.78 is 0. The van der Waals surface area contributed by atoms with Crippen molar-refractivity contribution in [1.29, 1.82) is 0 Å². The van der Waals surface area contributed by atoms with Gasteiger partial charge in [-0.05, 0) is 13.0 Å². The Balaban J connectivity index is 2.73. The van der Waals surface area contributed by atoms with Crippen LogP contribution in [0.5, 0.6) is 0 Å². The third kappa shape index (κ3) is 3.01. The molecule has 0 bridgehead atoms. The van der Waals surface area contributed by atoms with E-state index in [1.165, 1.54) is 19.1 Å². The van der Waals surface area contributed by atoms with Gasteiger partial charge in [-0.2, -0.15) is 5.10 Å². The molecule has 0 saturated carbocycles. The fourth-order valence-electron chi connectivity index (χ4n) is 0.749. The highest BCUT2D eigenvalue weighted by Crippen LogP contribution is 2.11. The molecule has 1 aromatic heterocycles. The first-order valence-electron chi connectivity index (χ1n) is 4.14. The molecule has 0 amide bonds. The van der Waals surface area contributed by atoms with Crippen LogP contribution in [0.2, 0.25) is 0 Å². The van der Waals surface area contributed by atoms with E-state index in [0.717, 1.165) is 6.20 Å². The zero-order valence-electron chi connectivity index (χ0n) is 8.25. The number of nitrogens with one attached hydrogen (secondary N) is 1. The number of hydrazone groups is 1. The summed E-state index contributed by atoms with van der Waals surface area (Å²) in [6, 6.07) is 2.57. The normalized spacial score (nSPS) is 10.9. The number of pyridine rings is 1.